The quantitative estimate of drug-likeness (QED) is 0.640. The Kier molecular flexibility index (Phi) is 5.35. The number of hydrogen-bond donors (Lipinski definition) is 1. The van der Waals surface area contributed by atoms with Crippen molar-refractivity contribution in [1.82, 2.24) is 10.2 Å². The first-order valence-corrected chi connectivity index (χ1v) is 5.24. The summed E-state index contributed by atoms with van der Waals surface area (Å²) < 4.78 is 5.04. The molecule has 78 valence electrons. The van der Waals surface area contributed by atoms with Crippen LogP contribution in [-0.4, -0.2) is 51.3 Å². The molecule has 0 aromatic heterocycles. The van der Waals surface area contributed by atoms with Gasteiger partial charge in [0, 0.05) is 32.8 Å². The van der Waals surface area contributed by atoms with Gasteiger partial charge in [0.2, 0.25) is 0 Å². The lowest BCUT2D eigenvalue weighted by molar-refractivity contribution is 0.154. The average Bonchev–Trinajstić information content (AvgIpc) is 2.19. The van der Waals surface area contributed by atoms with Crippen molar-refractivity contribution >= 4 is 0 Å². The molecule has 0 aromatic carbocycles. The van der Waals surface area contributed by atoms with E-state index in [0.29, 0.717) is 0 Å². The maximum Gasteiger partial charge on any atom is 0.0474 e. The highest BCUT2D eigenvalue weighted by molar-refractivity contribution is 4.76. The number of nitrogens with zero attached hydrogens (tertiary/aromatic N) is 1. The topological polar surface area (TPSA) is 24.5 Å². The Morgan fingerprint density at radius 2 is 2.38 bits per heavy atom. The lowest BCUT2D eigenvalue weighted by atomic mass is 10.1. The highest BCUT2D eigenvalue weighted by Crippen LogP contribution is 2.08. The first kappa shape index (κ1) is 11.0. The summed E-state index contributed by atoms with van der Waals surface area (Å²) in [6, 6.07) is 0.741. The van der Waals surface area contributed by atoms with Crippen LogP contribution in [-0.2, 0) is 4.74 Å². The van der Waals surface area contributed by atoms with Gasteiger partial charge in [-0.25, -0.2) is 0 Å². The van der Waals surface area contributed by atoms with Crippen LogP contribution in [0, 0.1) is 0 Å². The predicted molar refractivity (Wildman–Crippen MR) is 55.0 cm³/mol. The second-order valence-electron chi connectivity index (χ2n) is 3.83. The molecule has 1 saturated heterocycles. The molecule has 1 atom stereocenters. The van der Waals surface area contributed by atoms with Crippen molar-refractivity contribution in [2.75, 3.05) is 40.4 Å². The van der Waals surface area contributed by atoms with Gasteiger partial charge in [-0.1, -0.05) is 0 Å². The van der Waals surface area contributed by atoms with Crippen LogP contribution in [0.2, 0.25) is 0 Å². The summed E-state index contributed by atoms with van der Waals surface area (Å²) in [7, 11) is 3.98. The predicted octanol–water partition coefficient (Wildman–Crippen LogP) is 0.707. The molecule has 0 aliphatic carbocycles. The molecule has 1 aliphatic heterocycles. The maximum absolute atomic E-state index is 5.04. The van der Waals surface area contributed by atoms with Gasteiger partial charge in [-0.05, 0) is 32.9 Å². The second kappa shape index (κ2) is 6.35. The molecule has 0 spiro atoms. The van der Waals surface area contributed by atoms with E-state index in [0.717, 1.165) is 32.2 Å². The van der Waals surface area contributed by atoms with Crippen LogP contribution in [0.15, 0.2) is 0 Å². The fraction of sp³-hybridized carbons (Fsp3) is 1.00. The van der Waals surface area contributed by atoms with Gasteiger partial charge in [0.15, 0.2) is 0 Å². The molecule has 3 heteroatoms. The number of nitrogens with one attached hydrogen (secondary N) is 1. The van der Waals surface area contributed by atoms with Crippen LogP contribution >= 0.6 is 0 Å². The van der Waals surface area contributed by atoms with E-state index in [1.165, 1.54) is 19.4 Å². The molecule has 0 amide bonds. The molecule has 0 bridgehead atoms. The lowest BCUT2D eigenvalue weighted by Crippen LogP contribution is -2.44. The van der Waals surface area contributed by atoms with Crippen molar-refractivity contribution in [3.63, 3.8) is 0 Å². The third-order valence-corrected chi connectivity index (χ3v) is 2.75. The third-order valence-electron chi connectivity index (χ3n) is 2.75. The molecule has 0 radical (unpaired) electrons. The van der Waals surface area contributed by atoms with E-state index in [1.807, 2.05) is 0 Å². The molecule has 1 N–H and O–H groups in total. The van der Waals surface area contributed by atoms with Crippen LogP contribution < -0.4 is 5.32 Å². The molecule has 1 aliphatic rings. The second-order valence-corrected chi connectivity index (χ2v) is 3.83. The monoisotopic (exact) mass is 186 g/mol. The van der Waals surface area contributed by atoms with E-state index in [4.69, 9.17) is 4.74 Å². The maximum atomic E-state index is 5.04. The zero-order valence-corrected chi connectivity index (χ0v) is 8.88. The number of likely N-dealkylation sites (N-methyl/N-ethyl adjacent to an activating group) is 1. The summed E-state index contributed by atoms with van der Waals surface area (Å²) in [4.78, 5) is 2.45. The molecular formula is C10H22N2O. The summed E-state index contributed by atoms with van der Waals surface area (Å²) in [5.41, 5.74) is 0. The minimum absolute atomic E-state index is 0.741. The first-order valence-electron chi connectivity index (χ1n) is 5.24. The third kappa shape index (κ3) is 4.07. The average molecular weight is 186 g/mol. The zero-order chi connectivity index (χ0) is 9.52. The van der Waals surface area contributed by atoms with Crippen molar-refractivity contribution < 1.29 is 4.74 Å². The van der Waals surface area contributed by atoms with Gasteiger partial charge in [-0.15, -0.1) is 0 Å². The summed E-state index contributed by atoms with van der Waals surface area (Å²) in [5, 5.41) is 3.43. The van der Waals surface area contributed by atoms with E-state index in [1.54, 1.807) is 7.11 Å². The van der Waals surface area contributed by atoms with E-state index >= 15 is 0 Å². The van der Waals surface area contributed by atoms with Crippen molar-refractivity contribution in [2.24, 2.45) is 0 Å². The highest BCUT2D eigenvalue weighted by Gasteiger charge is 2.16. The Bertz CT molecular complexity index is 124. The number of ether oxygens (including phenoxy) is 1. The van der Waals surface area contributed by atoms with Gasteiger partial charge in [0.05, 0.1) is 0 Å². The molecule has 13 heavy (non-hydrogen) atoms. The molecule has 1 heterocycles. The summed E-state index contributed by atoms with van der Waals surface area (Å²) in [5.74, 6) is 0. The molecular weight excluding hydrogens is 164 g/mol. The number of methoxy groups -OCH3 is 1. The zero-order valence-electron chi connectivity index (χ0n) is 8.88. The van der Waals surface area contributed by atoms with Crippen LogP contribution in [0.3, 0.4) is 0 Å². The van der Waals surface area contributed by atoms with E-state index in [9.17, 15) is 0 Å². The molecule has 1 unspecified atom stereocenters. The van der Waals surface area contributed by atoms with Gasteiger partial charge in [-0.3, -0.25) is 0 Å². The Balaban J connectivity index is 2.09. The number of rotatable bonds is 5. The Labute approximate surface area is 81.4 Å². The first-order chi connectivity index (χ1) is 6.34. The van der Waals surface area contributed by atoms with Crippen LogP contribution in [0.1, 0.15) is 19.3 Å². The van der Waals surface area contributed by atoms with Gasteiger partial charge < -0.3 is 15.0 Å². The molecule has 0 saturated carbocycles. The SMILES string of the molecule is COCCCN(C)C1CCCNC1. The van der Waals surface area contributed by atoms with E-state index in [2.05, 4.69) is 17.3 Å². The van der Waals surface area contributed by atoms with Crippen molar-refractivity contribution in [1.29, 1.82) is 0 Å². The van der Waals surface area contributed by atoms with Gasteiger partial charge in [-0.2, -0.15) is 0 Å². The summed E-state index contributed by atoms with van der Waals surface area (Å²) >= 11 is 0. The fourth-order valence-electron chi connectivity index (χ4n) is 1.85. The molecule has 0 aromatic rings. The number of piperidine rings is 1. The van der Waals surface area contributed by atoms with Crippen molar-refractivity contribution in [3.05, 3.63) is 0 Å². The van der Waals surface area contributed by atoms with Crippen molar-refractivity contribution in [3.8, 4) is 0 Å². The van der Waals surface area contributed by atoms with Gasteiger partial charge in [0.1, 0.15) is 0 Å². The normalized spacial score (nSPS) is 23.8. The van der Waals surface area contributed by atoms with Crippen molar-refractivity contribution in [2.45, 2.75) is 25.3 Å². The number of hydrogen-bond acceptors (Lipinski definition) is 3. The lowest BCUT2D eigenvalue weighted by Gasteiger charge is -2.31. The van der Waals surface area contributed by atoms with Gasteiger partial charge >= 0.3 is 0 Å². The molecule has 3 nitrogen and oxygen atoms in total. The molecule has 1 fully saturated rings. The van der Waals surface area contributed by atoms with E-state index in [-0.39, 0.29) is 0 Å². The summed E-state index contributed by atoms with van der Waals surface area (Å²) in [6.07, 6.45) is 3.80. The minimum Gasteiger partial charge on any atom is -0.385 e. The highest BCUT2D eigenvalue weighted by atomic mass is 16.5. The Morgan fingerprint density at radius 1 is 1.54 bits per heavy atom. The fourth-order valence-corrected chi connectivity index (χ4v) is 1.85. The molecule has 1 rings (SSSR count). The Hall–Kier alpha value is -0.120. The van der Waals surface area contributed by atoms with Crippen LogP contribution in [0.5, 0.6) is 0 Å². The largest absolute Gasteiger partial charge is 0.385 e. The minimum atomic E-state index is 0.741. The van der Waals surface area contributed by atoms with Crippen LogP contribution in [0.25, 0.3) is 0 Å². The van der Waals surface area contributed by atoms with Crippen LogP contribution in [0.4, 0.5) is 0 Å². The summed E-state index contributed by atoms with van der Waals surface area (Å²) in [6.45, 7) is 4.39. The van der Waals surface area contributed by atoms with E-state index < -0.39 is 0 Å². The van der Waals surface area contributed by atoms with Gasteiger partial charge in [0.25, 0.3) is 0 Å². The Morgan fingerprint density at radius 3 is 3.00 bits per heavy atom. The smallest absolute Gasteiger partial charge is 0.0474 e. The standard InChI is InChI=1S/C10H22N2O/c1-12(7-4-8-13-2)10-5-3-6-11-9-10/h10-11H,3-9H2,1-2H3.